The standard InChI is InChI=1S/C14H14ClFN2O3/c15-10-7-4-8-11(12(10)16)18-14(19)21-13(17-18)20-9-5-2-1-3-6-9/h4,7-9H,1-3,5-6H2. The van der Waals surface area contributed by atoms with E-state index < -0.39 is 11.6 Å². The van der Waals surface area contributed by atoms with E-state index in [1.165, 1.54) is 24.6 Å². The van der Waals surface area contributed by atoms with Crippen molar-refractivity contribution in [1.82, 2.24) is 9.78 Å². The van der Waals surface area contributed by atoms with E-state index >= 15 is 0 Å². The molecule has 112 valence electrons. The van der Waals surface area contributed by atoms with Crippen LogP contribution >= 0.6 is 11.6 Å². The van der Waals surface area contributed by atoms with Gasteiger partial charge in [-0.15, -0.1) is 0 Å². The molecule has 5 nitrogen and oxygen atoms in total. The molecule has 1 aliphatic carbocycles. The van der Waals surface area contributed by atoms with Gasteiger partial charge in [-0.1, -0.05) is 29.2 Å². The Balaban J connectivity index is 1.87. The summed E-state index contributed by atoms with van der Waals surface area (Å²) in [6.45, 7) is 0. The van der Waals surface area contributed by atoms with Crippen molar-refractivity contribution in [3.8, 4) is 11.8 Å². The molecule has 0 radical (unpaired) electrons. The maximum atomic E-state index is 13.9. The van der Waals surface area contributed by atoms with E-state index in [1.54, 1.807) is 0 Å². The molecule has 0 amide bonds. The van der Waals surface area contributed by atoms with Crippen molar-refractivity contribution < 1.29 is 13.5 Å². The Morgan fingerprint density at radius 2 is 2.10 bits per heavy atom. The van der Waals surface area contributed by atoms with Crippen molar-refractivity contribution >= 4 is 11.6 Å². The first-order valence-electron chi connectivity index (χ1n) is 6.86. The molecule has 0 N–H and O–H groups in total. The second-order valence-electron chi connectivity index (χ2n) is 5.00. The Hall–Kier alpha value is -1.82. The van der Waals surface area contributed by atoms with Gasteiger partial charge in [-0.05, 0) is 37.8 Å². The van der Waals surface area contributed by atoms with Crippen LogP contribution in [0.5, 0.6) is 6.08 Å². The van der Waals surface area contributed by atoms with Crippen molar-refractivity contribution in [3.63, 3.8) is 0 Å². The summed E-state index contributed by atoms with van der Waals surface area (Å²) in [5, 5.41) is 3.81. The fourth-order valence-electron chi connectivity index (χ4n) is 2.44. The third-order valence-electron chi connectivity index (χ3n) is 3.51. The molecular formula is C14H14ClFN2O3. The Morgan fingerprint density at radius 3 is 2.86 bits per heavy atom. The fraction of sp³-hybridized carbons (Fsp3) is 0.429. The van der Waals surface area contributed by atoms with Gasteiger partial charge in [-0.25, -0.2) is 9.18 Å². The van der Waals surface area contributed by atoms with Crippen LogP contribution in [0.25, 0.3) is 5.69 Å². The SMILES string of the molecule is O=c1oc(OC2CCCCC2)nn1-c1cccc(Cl)c1F. The maximum Gasteiger partial charge on any atom is 0.444 e. The molecule has 3 rings (SSSR count). The molecule has 0 spiro atoms. The van der Waals surface area contributed by atoms with Crippen LogP contribution in [0.2, 0.25) is 5.02 Å². The Kier molecular flexibility index (Phi) is 3.96. The van der Waals surface area contributed by atoms with Crippen LogP contribution in [0, 0.1) is 5.82 Å². The number of halogens is 2. The van der Waals surface area contributed by atoms with Crippen molar-refractivity contribution in [2.24, 2.45) is 0 Å². The first-order valence-corrected chi connectivity index (χ1v) is 7.24. The fourth-order valence-corrected chi connectivity index (χ4v) is 2.61. The minimum absolute atomic E-state index is 0.00513. The average Bonchev–Trinajstić information content (AvgIpc) is 2.83. The molecule has 1 saturated carbocycles. The second-order valence-corrected chi connectivity index (χ2v) is 5.40. The highest BCUT2D eigenvalue weighted by Gasteiger charge is 2.20. The Labute approximate surface area is 125 Å². The molecule has 7 heteroatoms. The minimum Gasteiger partial charge on any atom is -0.446 e. The molecule has 1 fully saturated rings. The Morgan fingerprint density at radius 1 is 1.33 bits per heavy atom. The second kappa shape index (κ2) is 5.89. The van der Waals surface area contributed by atoms with Crippen LogP contribution in [-0.4, -0.2) is 15.9 Å². The Bertz CT molecular complexity index is 692. The molecule has 0 atom stereocenters. The first-order chi connectivity index (χ1) is 10.1. The zero-order valence-corrected chi connectivity index (χ0v) is 12.0. The molecule has 21 heavy (non-hydrogen) atoms. The van der Waals surface area contributed by atoms with Gasteiger partial charge in [0.05, 0.1) is 5.02 Å². The lowest BCUT2D eigenvalue weighted by Crippen LogP contribution is -2.19. The van der Waals surface area contributed by atoms with Gasteiger partial charge in [-0.2, -0.15) is 4.68 Å². The summed E-state index contributed by atoms with van der Waals surface area (Å²) in [5.74, 6) is -1.53. The summed E-state index contributed by atoms with van der Waals surface area (Å²) in [6.07, 6.45) is 5.02. The average molecular weight is 313 g/mol. The lowest BCUT2D eigenvalue weighted by Gasteiger charge is -2.20. The van der Waals surface area contributed by atoms with E-state index in [4.69, 9.17) is 20.8 Å². The lowest BCUT2D eigenvalue weighted by molar-refractivity contribution is 0.111. The molecule has 1 heterocycles. The van der Waals surface area contributed by atoms with Gasteiger partial charge in [0.1, 0.15) is 11.8 Å². The summed E-state index contributed by atoms with van der Waals surface area (Å²) >= 11 is 5.70. The quantitative estimate of drug-likeness (QED) is 0.872. The predicted octanol–water partition coefficient (Wildman–Crippen LogP) is 3.33. The zero-order valence-electron chi connectivity index (χ0n) is 11.2. The van der Waals surface area contributed by atoms with Crippen LogP contribution in [0.15, 0.2) is 27.4 Å². The van der Waals surface area contributed by atoms with Gasteiger partial charge in [-0.3, -0.25) is 0 Å². The van der Waals surface area contributed by atoms with E-state index in [9.17, 15) is 9.18 Å². The van der Waals surface area contributed by atoms with E-state index in [2.05, 4.69) is 5.10 Å². The van der Waals surface area contributed by atoms with Gasteiger partial charge < -0.3 is 9.15 Å². The molecule has 0 saturated heterocycles. The number of aromatic nitrogens is 2. The predicted molar refractivity (Wildman–Crippen MR) is 74.6 cm³/mol. The van der Waals surface area contributed by atoms with Crippen LogP contribution in [0.1, 0.15) is 32.1 Å². The smallest absolute Gasteiger partial charge is 0.444 e. The summed E-state index contributed by atoms with van der Waals surface area (Å²) in [4.78, 5) is 11.8. The molecule has 0 aliphatic heterocycles. The van der Waals surface area contributed by atoms with Crippen molar-refractivity contribution in [2.45, 2.75) is 38.2 Å². The number of hydrogen-bond donors (Lipinski definition) is 0. The van der Waals surface area contributed by atoms with E-state index in [1.807, 2.05) is 0 Å². The molecule has 1 aromatic heterocycles. The maximum absolute atomic E-state index is 13.9. The summed E-state index contributed by atoms with van der Waals surface area (Å²) in [7, 11) is 0. The largest absolute Gasteiger partial charge is 0.446 e. The van der Waals surface area contributed by atoms with E-state index in [0.29, 0.717) is 0 Å². The van der Waals surface area contributed by atoms with Gasteiger partial charge in [0.2, 0.25) is 0 Å². The minimum atomic E-state index is -0.804. The van der Waals surface area contributed by atoms with Crippen LogP contribution < -0.4 is 10.5 Å². The molecular weight excluding hydrogens is 299 g/mol. The van der Waals surface area contributed by atoms with Gasteiger partial charge in [0.25, 0.3) is 0 Å². The summed E-state index contributed by atoms with van der Waals surface area (Å²) < 4.78 is 25.2. The van der Waals surface area contributed by atoms with E-state index in [0.717, 1.165) is 30.4 Å². The highest BCUT2D eigenvalue weighted by molar-refractivity contribution is 6.30. The normalized spacial score (nSPS) is 16.1. The van der Waals surface area contributed by atoms with Crippen molar-refractivity contribution in [2.75, 3.05) is 0 Å². The number of benzene rings is 1. The lowest BCUT2D eigenvalue weighted by atomic mass is 9.98. The molecule has 2 aromatic rings. The third kappa shape index (κ3) is 2.95. The molecule has 1 aliphatic rings. The van der Waals surface area contributed by atoms with Gasteiger partial charge >= 0.3 is 11.8 Å². The number of ether oxygens (including phenoxy) is 1. The van der Waals surface area contributed by atoms with Crippen molar-refractivity contribution in [1.29, 1.82) is 0 Å². The van der Waals surface area contributed by atoms with Crippen LogP contribution in [0.4, 0.5) is 4.39 Å². The van der Waals surface area contributed by atoms with E-state index in [-0.39, 0.29) is 22.9 Å². The third-order valence-corrected chi connectivity index (χ3v) is 3.80. The highest BCUT2D eigenvalue weighted by Crippen LogP contribution is 2.23. The molecule has 0 unspecified atom stereocenters. The highest BCUT2D eigenvalue weighted by atomic mass is 35.5. The van der Waals surface area contributed by atoms with Crippen LogP contribution in [0.3, 0.4) is 0 Å². The number of hydrogen-bond acceptors (Lipinski definition) is 4. The van der Waals surface area contributed by atoms with Crippen molar-refractivity contribution in [3.05, 3.63) is 39.6 Å². The number of nitrogens with zero attached hydrogens (tertiary/aromatic N) is 2. The van der Waals surface area contributed by atoms with Gasteiger partial charge in [0.15, 0.2) is 5.82 Å². The molecule has 1 aromatic carbocycles. The summed E-state index contributed by atoms with van der Waals surface area (Å²) in [6, 6.07) is 4.32. The topological polar surface area (TPSA) is 57.3 Å². The van der Waals surface area contributed by atoms with Gasteiger partial charge in [0, 0.05) is 0 Å². The number of rotatable bonds is 3. The first kappa shape index (κ1) is 14.1. The van der Waals surface area contributed by atoms with Crippen LogP contribution in [-0.2, 0) is 0 Å². The summed E-state index contributed by atoms with van der Waals surface area (Å²) in [5.41, 5.74) is -0.0604. The monoisotopic (exact) mass is 312 g/mol. The zero-order chi connectivity index (χ0) is 14.8. The molecule has 0 bridgehead atoms.